The average Bonchev–Trinajstić information content (AvgIpc) is 2.61. The SMILES string of the molecule is CCN1CCC(CCNC(=NC)NCc2cc(F)ccc2F)CC1.I. The second kappa shape index (κ2) is 11.6. The van der Waals surface area contributed by atoms with Crippen molar-refractivity contribution < 1.29 is 8.78 Å². The largest absolute Gasteiger partial charge is 0.356 e. The lowest BCUT2D eigenvalue weighted by molar-refractivity contribution is 0.187. The first kappa shape index (κ1) is 22.1. The summed E-state index contributed by atoms with van der Waals surface area (Å²) in [7, 11) is 1.68. The number of guanidine groups is 1. The van der Waals surface area contributed by atoms with E-state index in [0.717, 1.165) is 37.6 Å². The van der Waals surface area contributed by atoms with Gasteiger partial charge in [-0.3, -0.25) is 4.99 Å². The maximum atomic E-state index is 13.6. The van der Waals surface area contributed by atoms with Gasteiger partial charge in [0, 0.05) is 25.7 Å². The Labute approximate surface area is 166 Å². The van der Waals surface area contributed by atoms with E-state index in [0.29, 0.717) is 11.5 Å². The van der Waals surface area contributed by atoms with Gasteiger partial charge in [-0.25, -0.2) is 8.78 Å². The summed E-state index contributed by atoms with van der Waals surface area (Å²) in [6.45, 7) is 6.76. The van der Waals surface area contributed by atoms with Crippen LogP contribution in [0.15, 0.2) is 23.2 Å². The molecule has 1 aliphatic rings. The smallest absolute Gasteiger partial charge is 0.191 e. The molecule has 1 aromatic carbocycles. The first-order valence-corrected chi connectivity index (χ1v) is 8.73. The Hall–Kier alpha value is -0.960. The van der Waals surface area contributed by atoms with E-state index in [4.69, 9.17) is 0 Å². The molecule has 0 radical (unpaired) electrons. The van der Waals surface area contributed by atoms with Crippen molar-refractivity contribution in [1.29, 1.82) is 0 Å². The summed E-state index contributed by atoms with van der Waals surface area (Å²) in [4.78, 5) is 6.62. The summed E-state index contributed by atoms with van der Waals surface area (Å²) in [6, 6.07) is 3.47. The number of nitrogens with one attached hydrogen (secondary N) is 2. The Morgan fingerprint density at radius 1 is 1.24 bits per heavy atom. The Morgan fingerprint density at radius 3 is 2.60 bits per heavy atom. The minimum Gasteiger partial charge on any atom is -0.356 e. The Kier molecular flexibility index (Phi) is 10.3. The molecule has 0 amide bonds. The van der Waals surface area contributed by atoms with Crippen molar-refractivity contribution in [2.45, 2.75) is 32.7 Å². The highest BCUT2D eigenvalue weighted by molar-refractivity contribution is 14.0. The van der Waals surface area contributed by atoms with Crippen LogP contribution in [0, 0.1) is 17.6 Å². The molecule has 1 heterocycles. The summed E-state index contributed by atoms with van der Waals surface area (Å²) >= 11 is 0. The van der Waals surface area contributed by atoms with Crippen molar-refractivity contribution in [2.75, 3.05) is 33.2 Å². The van der Waals surface area contributed by atoms with Gasteiger partial charge in [-0.1, -0.05) is 6.92 Å². The van der Waals surface area contributed by atoms with E-state index in [-0.39, 0.29) is 30.5 Å². The summed E-state index contributed by atoms with van der Waals surface area (Å²) in [5.41, 5.74) is 0.296. The van der Waals surface area contributed by atoms with Gasteiger partial charge < -0.3 is 15.5 Å². The fourth-order valence-corrected chi connectivity index (χ4v) is 3.06. The first-order valence-electron chi connectivity index (χ1n) is 8.73. The van der Waals surface area contributed by atoms with Gasteiger partial charge in [0.2, 0.25) is 0 Å². The van der Waals surface area contributed by atoms with Crippen molar-refractivity contribution >= 4 is 29.9 Å². The number of nitrogens with zero attached hydrogens (tertiary/aromatic N) is 2. The van der Waals surface area contributed by atoms with Gasteiger partial charge in [0.15, 0.2) is 5.96 Å². The zero-order valence-electron chi connectivity index (χ0n) is 15.0. The third kappa shape index (κ3) is 7.43. The molecule has 0 saturated carbocycles. The van der Waals surface area contributed by atoms with Gasteiger partial charge in [-0.15, -0.1) is 24.0 Å². The highest BCUT2D eigenvalue weighted by atomic mass is 127. The maximum absolute atomic E-state index is 13.6. The number of benzene rings is 1. The van der Waals surface area contributed by atoms with Crippen LogP contribution in [-0.4, -0.2) is 44.1 Å². The highest BCUT2D eigenvalue weighted by Crippen LogP contribution is 2.19. The van der Waals surface area contributed by atoms with Crippen molar-refractivity contribution in [3.63, 3.8) is 0 Å². The van der Waals surface area contributed by atoms with E-state index in [1.165, 1.54) is 32.0 Å². The predicted molar refractivity (Wildman–Crippen MR) is 109 cm³/mol. The molecule has 0 bridgehead atoms. The summed E-state index contributed by atoms with van der Waals surface area (Å²) in [6.07, 6.45) is 3.60. The summed E-state index contributed by atoms with van der Waals surface area (Å²) < 4.78 is 26.8. The fourth-order valence-electron chi connectivity index (χ4n) is 3.06. The Bertz CT molecular complexity index is 546. The molecule has 0 spiro atoms. The third-order valence-electron chi connectivity index (χ3n) is 4.68. The third-order valence-corrected chi connectivity index (χ3v) is 4.68. The topological polar surface area (TPSA) is 39.7 Å². The molecule has 1 fully saturated rings. The van der Waals surface area contributed by atoms with Gasteiger partial charge in [-0.2, -0.15) is 0 Å². The van der Waals surface area contributed by atoms with Crippen LogP contribution in [0.2, 0.25) is 0 Å². The molecule has 7 heteroatoms. The molecule has 0 aromatic heterocycles. The van der Waals surface area contributed by atoms with Crippen molar-refractivity contribution in [1.82, 2.24) is 15.5 Å². The van der Waals surface area contributed by atoms with E-state index >= 15 is 0 Å². The summed E-state index contributed by atoms with van der Waals surface area (Å²) in [5.74, 6) is 0.514. The molecule has 1 aliphatic heterocycles. The van der Waals surface area contributed by atoms with Crippen LogP contribution < -0.4 is 10.6 Å². The van der Waals surface area contributed by atoms with Gasteiger partial charge in [0.1, 0.15) is 11.6 Å². The van der Waals surface area contributed by atoms with E-state index in [1.807, 2.05) is 0 Å². The van der Waals surface area contributed by atoms with E-state index in [2.05, 4.69) is 27.4 Å². The number of rotatable bonds is 6. The van der Waals surface area contributed by atoms with Crippen LogP contribution in [0.25, 0.3) is 0 Å². The van der Waals surface area contributed by atoms with Crippen LogP contribution in [-0.2, 0) is 6.54 Å². The maximum Gasteiger partial charge on any atom is 0.191 e. The predicted octanol–water partition coefficient (Wildman–Crippen LogP) is 3.37. The highest BCUT2D eigenvalue weighted by Gasteiger charge is 2.17. The molecule has 4 nitrogen and oxygen atoms in total. The molecule has 0 unspecified atom stereocenters. The van der Waals surface area contributed by atoms with Gasteiger partial charge in [-0.05, 0) is 63.0 Å². The van der Waals surface area contributed by atoms with Crippen LogP contribution in [0.1, 0.15) is 31.7 Å². The lowest BCUT2D eigenvalue weighted by atomic mass is 9.93. The minimum atomic E-state index is -0.436. The zero-order chi connectivity index (χ0) is 17.4. The van der Waals surface area contributed by atoms with Crippen LogP contribution in [0.5, 0.6) is 0 Å². The van der Waals surface area contributed by atoms with Crippen molar-refractivity contribution in [3.05, 3.63) is 35.4 Å². The van der Waals surface area contributed by atoms with Crippen LogP contribution in [0.3, 0.4) is 0 Å². The second-order valence-corrected chi connectivity index (χ2v) is 6.25. The van der Waals surface area contributed by atoms with Gasteiger partial charge >= 0.3 is 0 Å². The lowest BCUT2D eigenvalue weighted by Crippen LogP contribution is -2.39. The fraction of sp³-hybridized carbons (Fsp3) is 0.611. The monoisotopic (exact) mass is 466 g/mol. The van der Waals surface area contributed by atoms with Crippen molar-refractivity contribution in [2.24, 2.45) is 10.9 Å². The molecule has 1 aromatic rings. The molecular weight excluding hydrogens is 437 g/mol. The van der Waals surface area contributed by atoms with Gasteiger partial charge in [0.05, 0.1) is 0 Å². The number of hydrogen-bond donors (Lipinski definition) is 2. The second-order valence-electron chi connectivity index (χ2n) is 6.25. The first-order chi connectivity index (χ1) is 11.6. The number of piperidine rings is 1. The zero-order valence-corrected chi connectivity index (χ0v) is 17.4. The van der Waals surface area contributed by atoms with E-state index in [9.17, 15) is 8.78 Å². The average molecular weight is 466 g/mol. The number of aliphatic imine (C=N–C) groups is 1. The molecule has 0 aliphatic carbocycles. The molecule has 25 heavy (non-hydrogen) atoms. The van der Waals surface area contributed by atoms with Crippen LogP contribution in [0.4, 0.5) is 8.78 Å². The molecule has 1 saturated heterocycles. The standard InChI is InChI=1S/C18H28F2N4.HI/c1-3-24-10-7-14(8-11-24)6-9-22-18(21-2)23-13-15-12-16(19)4-5-17(15)20;/h4-5,12,14H,3,6-11,13H2,1-2H3,(H2,21,22,23);1H. The lowest BCUT2D eigenvalue weighted by Gasteiger charge is -2.31. The number of likely N-dealkylation sites (tertiary alicyclic amines) is 1. The Morgan fingerprint density at radius 2 is 1.96 bits per heavy atom. The summed E-state index contributed by atoms with van der Waals surface area (Å²) in [5, 5.41) is 6.29. The Balaban J connectivity index is 0.00000312. The number of hydrogen-bond acceptors (Lipinski definition) is 2. The molecule has 0 atom stereocenters. The van der Waals surface area contributed by atoms with Crippen molar-refractivity contribution in [3.8, 4) is 0 Å². The normalized spacial score (nSPS) is 16.4. The molecule has 2 rings (SSSR count). The molecular formula is C18H29F2IN4. The number of halogens is 3. The van der Waals surface area contributed by atoms with Gasteiger partial charge in [0.25, 0.3) is 0 Å². The molecule has 142 valence electrons. The quantitative estimate of drug-likeness (QED) is 0.384. The minimum absolute atomic E-state index is 0. The van der Waals surface area contributed by atoms with E-state index in [1.54, 1.807) is 7.05 Å². The molecule has 2 N–H and O–H groups in total. The van der Waals surface area contributed by atoms with Crippen LogP contribution >= 0.6 is 24.0 Å². The van der Waals surface area contributed by atoms with E-state index < -0.39 is 11.6 Å².